The minimum absolute atomic E-state index is 0.130. The number of halogens is 2. The number of hydrogen-bond acceptors (Lipinski definition) is 5. The lowest BCUT2D eigenvalue weighted by molar-refractivity contribution is -0.125. The molecule has 0 bridgehead atoms. The Kier molecular flexibility index (Phi) is 2.36. The SMILES string of the molecule is O=C1OC(=O)O[C@@]23C=C[C@]2(CC(Br)C(Br)C3)O1. The summed E-state index contributed by atoms with van der Waals surface area (Å²) in [6.07, 6.45) is 2.55. The second-order valence-corrected chi connectivity index (χ2v) is 6.71. The minimum atomic E-state index is -1.01. The van der Waals surface area contributed by atoms with Gasteiger partial charge < -0.3 is 14.2 Å². The summed E-state index contributed by atoms with van der Waals surface area (Å²) in [6, 6.07) is 0. The largest absolute Gasteiger partial charge is 0.519 e. The molecule has 3 aliphatic rings. The monoisotopic (exact) mass is 366 g/mol. The summed E-state index contributed by atoms with van der Waals surface area (Å²) < 4.78 is 14.8. The van der Waals surface area contributed by atoms with E-state index in [1.807, 2.05) is 0 Å². The molecule has 0 radical (unpaired) electrons. The maximum absolute atomic E-state index is 11.3. The van der Waals surface area contributed by atoms with Crippen molar-refractivity contribution in [1.82, 2.24) is 0 Å². The third-order valence-electron chi connectivity index (χ3n) is 3.42. The van der Waals surface area contributed by atoms with Crippen LogP contribution in [0, 0.1) is 0 Å². The van der Waals surface area contributed by atoms with E-state index >= 15 is 0 Å². The molecule has 92 valence electrons. The number of carbonyl (C=O) groups is 2. The van der Waals surface area contributed by atoms with E-state index in [-0.39, 0.29) is 9.65 Å². The van der Waals surface area contributed by atoms with Crippen LogP contribution in [0.15, 0.2) is 12.2 Å². The normalized spacial score (nSPS) is 47.6. The van der Waals surface area contributed by atoms with Crippen LogP contribution in [0.3, 0.4) is 0 Å². The predicted octanol–water partition coefficient (Wildman–Crippen LogP) is 2.66. The topological polar surface area (TPSA) is 61.8 Å². The first-order chi connectivity index (χ1) is 7.96. The summed E-state index contributed by atoms with van der Waals surface area (Å²) in [5.74, 6) is 0. The van der Waals surface area contributed by atoms with E-state index in [4.69, 9.17) is 9.47 Å². The number of hydrogen-bond donors (Lipinski definition) is 0. The molecule has 0 aromatic rings. The van der Waals surface area contributed by atoms with Crippen molar-refractivity contribution in [2.75, 3.05) is 0 Å². The van der Waals surface area contributed by atoms with Gasteiger partial charge in [0.1, 0.15) is 0 Å². The van der Waals surface area contributed by atoms with Crippen LogP contribution in [0.25, 0.3) is 0 Å². The lowest BCUT2D eigenvalue weighted by Crippen LogP contribution is -2.66. The molecule has 0 aromatic heterocycles. The minimum Gasteiger partial charge on any atom is -0.418 e. The molecule has 1 heterocycles. The van der Waals surface area contributed by atoms with Crippen molar-refractivity contribution in [1.29, 1.82) is 0 Å². The van der Waals surface area contributed by atoms with Crippen LogP contribution in [0.5, 0.6) is 0 Å². The second-order valence-electron chi connectivity index (χ2n) is 4.36. The van der Waals surface area contributed by atoms with E-state index in [2.05, 4.69) is 36.6 Å². The maximum atomic E-state index is 11.3. The quantitative estimate of drug-likeness (QED) is 0.285. The van der Waals surface area contributed by atoms with Crippen LogP contribution in [-0.4, -0.2) is 33.2 Å². The van der Waals surface area contributed by atoms with Crippen LogP contribution in [0.1, 0.15) is 12.8 Å². The van der Waals surface area contributed by atoms with Gasteiger partial charge in [0.05, 0.1) is 0 Å². The molecule has 1 saturated heterocycles. The van der Waals surface area contributed by atoms with E-state index in [1.165, 1.54) is 0 Å². The first kappa shape index (κ1) is 11.5. The Balaban J connectivity index is 2.02. The highest BCUT2D eigenvalue weighted by molar-refractivity contribution is 9.12. The smallest absolute Gasteiger partial charge is 0.418 e. The van der Waals surface area contributed by atoms with Crippen molar-refractivity contribution in [3.63, 3.8) is 0 Å². The average Bonchev–Trinajstić information content (AvgIpc) is 2.29. The fourth-order valence-electron chi connectivity index (χ4n) is 2.50. The van der Waals surface area contributed by atoms with Gasteiger partial charge in [-0.1, -0.05) is 31.9 Å². The van der Waals surface area contributed by atoms with Crippen molar-refractivity contribution in [3.05, 3.63) is 12.2 Å². The van der Waals surface area contributed by atoms with Crippen molar-refractivity contribution < 1.29 is 23.8 Å². The van der Waals surface area contributed by atoms with Gasteiger partial charge in [-0.05, 0) is 12.2 Å². The van der Waals surface area contributed by atoms with Gasteiger partial charge in [0.15, 0.2) is 11.2 Å². The van der Waals surface area contributed by atoms with Crippen LogP contribution in [0.4, 0.5) is 9.59 Å². The Morgan fingerprint density at radius 2 is 1.41 bits per heavy atom. The van der Waals surface area contributed by atoms with Gasteiger partial charge >= 0.3 is 12.3 Å². The van der Waals surface area contributed by atoms with E-state index in [0.717, 1.165) is 0 Å². The van der Waals surface area contributed by atoms with Gasteiger partial charge in [0.25, 0.3) is 0 Å². The van der Waals surface area contributed by atoms with Gasteiger partial charge in [-0.25, -0.2) is 9.59 Å². The summed E-state index contributed by atoms with van der Waals surface area (Å²) >= 11 is 7.03. The van der Waals surface area contributed by atoms with Gasteiger partial charge in [0.2, 0.25) is 0 Å². The summed E-state index contributed by atoms with van der Waals surface area (Å²) in [7, 11) is 0. The molecule has 4 atom stereocenters. The lowest BCUT2D eigenvalue weighted by atomic mass is 9.64. The fraction of sp³-hybridized carbons (Fsp3) is 0.600. The fourth-order valence-corrected chi connectivity index (χ4v) is 3.84. The number of carbonyl (C=O) groups excluding carboxylic acids is 2. The highest BCUT2D eigenvalue weighted by atomic mass is 79.9. The molecule has 5 nitrogen and oxygen atoms in total. The first-order valence-electron chi connectivity index (χ1n) is 5.09. The molecule has 0 aromatic carbocycles. The van der Waals surface area contributed by atoms with Crippen LogP contribution in [-0.2, 0) is 14.2 Å². The zero-order valence-electron chi connectivity index (χ0n) is 8.52. The molecule has 1 aliphatic heterocycles. The first-order valence-corrected chi connectivity index (χ1v) is 6.92. The Morgan fingerprint density at radius 3 is 1.76 bits per heavy atom. The summed E-state index contributed by atoms with van der Waals surface area (Å²) in [6.45, 7) is 0. The van der Waals surface area contributed by atoms with Gasteiger partial charge in [-0.15, -0.1) is 0 Å². The van der Waals surface area contributed by atoms with Crippen LogP contribution < -0.4 is 0 Å². The third-order valence-corrected chi connectivity index (χ3v) is 6.06. The number of ether oxygens (including phenoxy) is 3. The highest BCUT2D eigenvalue weighted by Crippen LogP contribution is 2.55. The molecular weight excluding hydrogens is 360 g/mol. The molecule has 0 amide bonds. The van der Waals surface area contributed by atoms with E-state index in [9.17, 15) is 9.59 Å². The zero-order valence-corrected chi connectivity index (χ0v) is 11.7. The molecule has 2 aliphatic carbocycles. The number of cyclic esters (lactones) is 2. The van der Waals surface area contributed by atoms with E-state index < -0.39 is 23.5 Å². The zero-order chi connectivity index (χ0) is 12.3. The summed E-state index contributed by atoms with van der Waals surface area (Å²) in [4.78, 5) is 22.9. The second kappa shape index (κ2) is 3.47. The van der Waals surface area contributed by atoms with Gasteiger partial charge in [-0.2, -0.15) is 0 Å². The number of rotatable bonds is 0. The van der Waals surface area contributed by atoms with Crippen molar-refractivity contribution in [3.8, 4) is 0 Å². The van der Waals surface area contributed by atoms with Gasteiger partial charge in [0, 0.05) is 22.5 Å². The Morgan fingerprint density at radius 1 is 1.00 bits per heavy atom. The number of alkyl halides is 2. The molecule has 7 heteroatoms. The Labute approximate surface area is 114 Å². The van der Waals surface area contributed by atoms with E-state index in [1.54, 1.807) is 12.2 Å². The standard InChI is InChI=1S/C10H8Br2O5/c11-5-3-9-1-2-10(9,4-6(5)12)17-8(14)15-7(13)16-9/h1-2,5-6H,3-4H2/t5?,6?,9-,10-/m1/s1. The molecule has 3 rings (SSSR count). The third kappa shape index (κ3) is 1.48. The average molecular weight is 368 g/mol. The Hall–Kier alpha value is -0.560. The molecular formula is C10H8Br2O5. The molecule has 0 spiro atoms. The lowest BCUT2D eigenvalue weighted by Gasteiger charge is -2.54. The van der Waals surface area contributed by atoms with E-state index in [0.29, 0.717) is 12.8 Å². The maximum Gasteiger partial charge on any atom is 0.519 e. The molecule has 0 N–H and O–H groups in total. The van der Waals surface area contributed by atoms with Gasteiger partial charge in [-0.3, -0.25) is 0 Å². The summed E-state index contributed by atoms with van der Waals surface area (Å²) in [5, 5.41) is 0. The predicted molar refractivity (Wildman–Crippen MR) is 63.3 cm³/mol. The van der Waals surface area contributed by atoms with Crippen molar-refractivity contribution in [2.45, 2.75) is 33.7 Å². The van der Waals surface area contributed by atoms with Crippen molar-refractivity contribution in [2.24, 2.45) is 0 Å². The van der Waals surface area contributed by atoms with Crippen molar-refractivity contribution >= 4 is 44.2 Å². The van der Waals surface area contributed by atoms with Crippen LogP contribution in [0.2, 0.25) is 0 Å². The molecule has 2 fully saturated rings. The summed E-state index contributed by atoms with van der Waals surface area (Å²) in [5.41, 5.74) is -1.79. The van der Waals surface area contributed by atoms with Crippen LogP contribution >= 0.6 is 31.9 Å². The molecule has 2 unspecified atom stereocenters. The Bertz CT molecular complexity index is 398. The molecule has 1 saturated carbocycles. The molecule has 17 heavy (non-hydrogen) atoms. The highest BCUT2D eigenvalue weighted by Gasteiger charge is 2.66.